The average Bonchev–Trinajstić information content (AvgIpc) is 2.52. The Morgan fingerprint density at radius 3 is 2.41 bits per heavy atom. The number of hydrogen-bond donors (Lipinski definition) is 2. The lowest BCUT2D eigenvalue weighted by Crippen LogP contribution is -2.36. The Morgan fingerprint density at radius 2 is 1.91 bits per heavy atom. The predicted molar refractivity (Wildman–Crippen MR) is 87.8 cm³/mol. The molecule has 0 aliphatic carbocycles. The van der Waals surface area contributed by atoms with Crippen molar-refractivity contribution in [1.29, 1.82) is 0 Å². The van der Waals surface area contributed by atoms with E-state index in [1.54, 1.807) is 18.2 Å². The van der Waals surface area contributed by atoms with Crippen LogP contribution in [0.1, 0.15) is 52.0 Å². The quantitative estimate of drug-likeness (QED) is 0.730. The Labute approximate surface area is 133 Å². The molecule has 2 atom stereocenters. The fraction of sp³-hybridized carbons (Fsp3) is 0.625. The van der Waals surface area contributed by atoms with Crippen molar-refractivity contribution in [2.24, 2.45) is 0 Å². The Bertz CT molecular complexity index is 568. The van der Waals surface area contributed by atoms with Gasteiger partial charge in [-0.25, -0.2) is 13.1 Å². The van der Waals surface area contributed by atoms with Crippen molar-refractivity contribution < 1.29 is 18.3 Å². The fourth-order valence-corrected chi connectivity index (χ4v) is 3.47. The molecule has 0 fully saturated rings. The van der Waals surface area contributed by atoms with Crippen molar-refractivity contribution in [2.45, 2.75) is 57.4 Å². The second-order valence-electron chi connectivity index (χ2n) is 5.35. The van der Waals surface area contributed by atoms with Crippen molar-refractivity contribution in [2.75, 3.05) is 13.2 Å². The van der Waals surface area contributed by atoms with Crippen LogP contribution in [-0.4, -0.2) is 32.8 Å². The van der Waals surface area contributed by atoms with Crippen molar-refractivity contribution >= 4 is 10.0 Å². The topological polar surface area (TPSA) is 75.6 Å². The second kappa shape index (κ2) is 8.50. The Morgan fingerprint density at radius 1 is 1.23 bits per heavy atom. The predicted octanol–water partition coefficient (Wildman–Crippen LogP) is 2.65. The number of sulfonamides is 1. The smallest absolute Gasteiger partial charge is 0.240 e. The normalized spacial score (nSPS) is 14.6. The van der Waals surface area contributed by atoms with Crippen molar-refractivity contribution in [3.8, 4) is 5.75 Å². The van der Waals surface area contributed by atoms with Crippen LogP contribution in [0.4, 0.5) is 0 Å². The summed E-state index contributed by atoms with van der Waals surface area (Å²) in [4.78, 5) is 0.207. The SMILES string of the molecule is CCOc1ccc(S(=O)(=O)N[C@@H](CC)CO)cc1[C@H](C)CC. The van der Waals surface area contributed by atoms with Crippen LogP contribution in [0.25, 0.3) is 0 Å². The minimum atomic E-state index is -3.65. The zero-order valence-electron chi connectivity index (χ0n) is 13.8. The number of hydrogen-bond acceptors (Lipinski definition) is 4. The molecule has 5 nitrogen and oxygen atoms in total. The van der Waals surface area contributed by atoms with Gasteiger partial charge in [0, 0.05) is 6.04 Å². The monoisotopic (exact) mass is 329 g/mol. The molecule has 1 rings (SSSR count). The summed E-state index contributed by atoms with van der Waals surface area (Å²) in [5.41, 5.74) is 0.893. The standard InChI is InChI=1S/C16H27NO4S/c1-5-12(4)15-10-14(8-9-16(15)21-7-3)22(19,20)17-13(6-2)11-18/h8-10,12-13,17-18H,5-7,11H2,1-4H3/t12-,13+/m1/s1. The second-order valence-corrected chi connectivity index (χ2v) is 7.06. The van der Waals surface area contributed by atoms with Crippen molar-refractivity contribution in [3.05, 3.63) is 23.8 Å². The van der Waals surface area contributed by atoms with Crippen LogP contribution in [-0.2, 0) is 10.0 Å². The molecule has 0 amide bonds. The van der Waals surface area contributed by atoms with Crippen LogP contribution < -0.4 is 9.46 Å². The van der Waals surface area contributed by atoms with E-state index in [0.29, 0.717) is 13.0 Å². The van der Waals surface area contributed by atoms with E-state index in [1.807, 2.05) is 20.8 Å². The first-order valence-corrected chi connectivity index (χ1v) is 9.27. The number of rotatable bonds is 9. The first-order valence-electron chi connectivity index (χ1n) is 7.79. The van der Waals surface area contributed by atoms with Gasteiger partial charge in [-0.15, -0.1) is 0 Å². The number of aliphatic hydroxyl groups excluding tert-OH is 1. The van der Waals surface area contributed by atoms with Gasteiger partial charge in [0.15, 0.2) is 0 Å². The summed E-state index contributed by atoms with van der Waals surface area (Å²) in [6.45, 7) is 8.15. The maximum absolute atomic E-state index is 12.4. The van der Waals surface area contributed by atoms with E-state index in [9.17, 15) is 13.5 Å². The highest BCUT2D eigenvalue weighted by Gasteiger charge is 2.21. The summed E-state index contributed by atoms with van der Waals surface area (Å²) in [5, 5.41) is 9.18. The Balaban J connectivity index is 3.19. The van der Waals surface area contributed by atoms with Crippen molar-refractivity contribution in [1.82, 2.24) is 4.72 Å². The Hall–Kier alpha value is -1.11. The average molecular weight is 329 g/mol. The van der Waals surface area contributed by atoms with E-state index in [4.69, 9.17) is 4.74 Å². The van der Waals surface area contributed by atoms with Crippen LogP contribution in [0.15, 0.2) is 23.1 Å². The summed E-state index contributed by atoms with van der Waals surface area (Å²) in [7, 11) is -3.65. The maximum atomic E-state index is 12.4. The first-order chi connectivity index (χ1) is 10.4. The molecule has 0 saturated carbocycles. The van der Waals surface area contributed by atoms with Gasteiger partial charge >= 0.3 is 0 Å². The van der Waals surface area contributed by atoms with Crippen LogP contribution in [0.3, 0.4) is 0 Å². The molecule has 2 N–H and O–H groups in total. The van der Waals surface area contributed by atoms with Crippen LogP contribution >= 0.6 is 0 Å². The van der Waals surface area contributed by atoms with E-state index in [0.717, 1.165) is 17.7 Å². The van der Waals surface area contributed by atoms with E-state index in [-0.39, 0.29) is 17.4 Å². The lowest BCUT2D eigenvalue weighted by atomic mass is 9.98. The van der Waals surface area contributed by atoms with E-state index < -0.39 is 16.1 Å². The van der Waals surface area contributed by atoms with Crippen LogP contribution in [0.2, 0.25) is 0 Å². The highest BCUT2D eigenvalue weighted by Crippen LogP contribution is 2.31. The zero-order chi connectivity index (χ0) is 16.8. The lowest BCUT2D eigenvalue weighted by molar-refractivity contribution is 0.254. The maximum Gasteiger partial charge on any atom is 0.240 e. The number of benzene rings is 1. The van der Waals surface area contributed by atoms with Gasteiger partial charge in [0.25, 0.3) is 0 Å². The van der Waals surface area contributed by atoms with E-state index in [2.05, 4.69) is 11.6 Å². The summed E-state index contributed by atoms with van der Waals surface area (Å²) in [6, 6.07) is 4.46. The third-order valence-corrected chi connectivity index (χ3v) is 5.29. The van der Waals surface area contributed by atoms with Gasteiger partial charge in [-0.1, -0.05) is 20.8 Å². The van der Waals surface area contributed by atoms with Crippen LogP contribution in [0.5, 0.6) is 5.75 Å². The highest BCUT2D eigenvalue weighted by molar-refractivity contribution is 7.89. The molecule has 0 aromatic heterocycles. The molecule has 1 aromatic rings. The number of aliphatic hydroxyl groups is 1. The summed E-state index contributed by atoms with van der Waals surface area (Å²) in [6.07, 6.45) is 1.43. The van der Waals surface area contributed by atoms with Gasteiger partial charge in [-0.2, -0.15) is 0 Å². The minimum absolute atomic E-state index is 0.205. The Kier molecular flexibility index (Phi) is 7.32. The lowest BCUT2D eigenvalue weighted by Gasteiger charge is -2.18. The molecule has 0 aliphatic heterocycles. The molecule has 0 saturated heterocycles. The molecular weight excluding hydrogens is 302 g/mol. The highest BCUT2D eigenvalue weighted by atomic mass is 32.2. The molecular formula is C16H27NO4S. The molecule has 0 aliphatic rings. The zero-order valence-corrected chi connectivity index (χ0v) is 14.6. The molecule has 0 spiro atoms. The molecule has 1 aromatic carbocycles. The van der Waals surface area contributed by atoms with Gasteiger partial charge in [-0.05, 0) is 49.4 Å². The number of nitrogens with one attached hydrogen (secondary N) is 1. The third kappa shape index (κ3) is 4.69. The van der Waals surface area contributed by atoms with Gasteiger partial charge in [0.2, 0.25) is 10.0 Å². The van der Waals surface area contributed by atoms with Gasteiger partial charge in [0.1, 0.15) is 5.75 Å². The van der Waals surface area contributed by atoms with Gasteiger partial charge in [-0.3, -0.25) is 0 Å². The molecule has 0 bridgehead atoms. The molecule has 22 heavy (non-hydrogen) atoms. The molecule has 0 heterocycles. The van der Waals surface area contributed by atoms with Gasteiger partial charge < -0.3 is 9.84 Å². The molecule has 0 unspecified atom stereocenters. The van der Waals surface area contributed by atoms with Crippen molar-refractivity contribution in [3.63, 3.8) is 0 Å². The number of ether oxygens (including phenoxy) is 1. The molecule has 0 radical (unpaired) electrons. The molecule has 126 valence electrons. The first kappa shape index (κ1) is 18.9. The summed E-state index contributed by atoms with van der Waals surface area (Å²) >= 11 is 0. The van der Waals surface area contributed by atoms with Gasteiger partial charge in [0.05, 0.1) is 18.1 Å². The molecule has 6 heteroatoms. The van der Waals surface area contributed by atoms with E-state index >= 15 is 0 Å². The minimum Gasteiger partial charge on any atom is -0.494 e. The van der Waals surface area contributed by atoms with E-state index in [1.165, 1.54) is 0 Å². The fourth-order valence-electron chi connectivity index (χ4n) is 2.12. The largest absolute Gasteiger partial charge is 0.494 e. The summed E-state index contributed by atoms with van der Waals surface area (Å²) in [5.74, 6) is 0.932. The van der Waals surface area contributed by atoms with Crippen LogP contribution in [0, 0.1) is 0 Å². The summed E-state index contributed by atoms with van der Waals surface area (Å²) < 4.78 is 33.0. The third-order valence-electron chi connectivity index (χ3n) is 3.77.